The van der Waals surface area contributed by atoms with Crippen molar-refractivity contribution in [3.8, 4) is 0 Å². The normalized spacial score (nSPS) is 10.4. The van der Waals surface area contributed by atoms with Crippen molar-refractivity contribution >= 4 is 23.3 Å². The highest BCUT2D eigenvalue weighted by atomic mass is 35.5. The molecule has 2 N–H and O–H groups in total. The maximum absolute atomic E-state index is 12.4. The standard InChI is InChI=1S/C22H22ClN3O/c1-16-3-2-4-18(13-16)15-26-22(27)19-10-12-25-21(14-19)24-11-9-17-5-7-20(23)8-6-17/h2-8,10,12-14H,9,11,15H2,1H3,(H,24,25)(H,26,27). The smallest absolute Gasteiger partial charge is 0.251 e. The van der Waals surface area contributed by atoms with Crippen LogP contribution in [0.5, 0.6) is 0 Å². The Hall–Kier alpha value is -2.85. The first kappa shape index (κ1) is 18.9. The van der Waals surface area contributed by atoms with E-state index in [0.717, 1.165) is 23.6 Å². The van der Waals surface area contributed by atoms with E-state index in [4.69, 9.17) is 11.6 Å². The Morgan fingerprint density at radius 1 is 1.04 bits per heavy atom. The maximum atomic E-state index is 12.4. The summed E-state index contributed by atoms with van der Waals surface area (Å²) >= 11 is 5.90. The van der Waals surface area contributed by atoms with Crippen LogP contribution in [-0.4, -0.2) is 17.4 Å². The number of anilines is 1. The zero-order valence-corrected chi connectivity index (χ0v) is 16.0. The number of benzene rings is 2. The van der Waals surface area contributed by atoms with E-state index < -0.39 is 0 Å². The molecule has 4 nitrogen and oxygen atoms in total. The number of hydrogen-bond acceptors (Lipinski definition) is 3. The molecule has 2 aromatic carbocycles. The average Bonchev–Trinajstić information content (AvgIpc) is 2.68. The summed E-state index contributed by atoms with van der Waals surface area (Å²) in [6.45, 7) is 3.27. The van der Waals surface area contributed by atoms with E-state index in [1.807, 2.05) is 49.4 Å². The van der Waals surface area contributed by atoms with Crippen molar-refractivity contribution in [2.45, 2.75) is 19.9 Å². The van der Waals surface area contributed by atoms with E-state index in [0.29, 0.717) is 17.9 Å². The van der Waals surface area contributed by atoms with Crippen molar-refractivity contribution in [2.75, 3.05) is 11.9 Å². The predicted molar refractivity (Wildman–Crippen MR) is 110 cm³/mol. The Balaban J connectivity index is 1.53. The van der Waals surface area contributed by atoms with Crippen LogP contribution in [0.25, 0.3) is 0 Å². The largest absolute Gasteiger partial charge is 0.370 e. The van der Waals surface area contributed by atoms with Gasteiger partial charge in [0.25, 0.3) is 5.91 Å². The molecule has 0 aliphatic rings. The number of aryl methyl sites for hydroxylation is 1. The number of carbonyl (C=O) groups is 1. The summed E-state index contributed by atoms with van der Waals surface area (Å²) in [5, 5.41) is 6.94. The number of carbonyl (C=O) groups excluding carboxylic acids is 1. The molecular formula is C22H22ClN3O. The number of nitrogens with one attached hydrogen (secondary N) is 2. The quantitative estimate of drug-likeness (QED) is 0.629. The molecule has 5 heteroatoms. The van der Waals surface area contributed by atoms with Crippen LogP contribution in [0.3, 0.4) is 0 Å². The second-order valence-electron chi connectivity index (χ2n) is 6.40. The monoisotopic (exact) mass is 379 g/mol. The third-order valence-electron chi connectivity index (χ3n) is 4.19. The van der Waals surface area contributed by atoms with Gasteiger partial charge in [0.2, 0.25) is 0 Å². The highest BCUT2D eigenvalue weighted by molar-refractivity contribution is 6.30. The zero-order chi connectivity index (χ0) is 19.1. The van der Waals surface area contributed by atoms with Gasteiger partial charge in [0.15, 0.2) is 0 Å². The second kappa shape index (κ2) is 9.19. The summed E-state index contributed by atoms with van der Waals surface area (Å²) in [5.41, 5.74) is 4.04. The molecule has 1 heterocycles. The first-order chi connectivity index (χ1) is 13.1. The lowest BCUT2D eigenvalue weighted by Gasteiger charge is -2.09. The van der Waals surface area contributed by atoms with E-state index in [1.165, 1.54) is 11.1 Å². The van der Waals surface area contributed by atoms with Gasteiger partial charge in [0.1, 0.15) is 5.82 Å². The van der Waals surface area contributed by atoms with Crippen LogP contribution >= 0.6 is 11.6 Å². The highest BCUT2D eigenvalue weighted by Crippen LogP contribution is 2.11. The van der Waals surface area contributed by atoms with E-state index in [1.54, 1.807) is 18.3 Å². The molecule has 1 amide bonds. The molecule has 0 fully saturated rings. The van der Waals surface area contributed by atoms with Gasteiger partial charge in [-0.1, -0.05) is 53.6 Å². The minimum Gasteiger partial charge on any atom is -0.370 e. The third-order valence-corrected chi connectivity index (χ3v) is 4.44. The summed E-state index contributed by atoms with van der Waals surface area (Å²) in [6.07, 6.45) is 2.49. The first-order valence-corrected chi connectivity index (χ1v) is 9.26. The van der Waals surface area contributed by atoms with Gasteiger partial charge in [-0.2, -0.15) is 0 Å². The van der Waals surface area contributed by atoms with Crippen LogP contribution in [0, 0.1) is 6.92 Å². The van der Waals surface area contributed by atoms with Crippen LogP contribution in [0.1, 0.15) is 27.0 Å². The number of pyridine rings is 1. The third kappa shape index (κ3) is 5.83. The molecular weight excluding hydrogens is 358 g/mol. The van der Waals surface area contributed by atoms with Crippen LogP contribution in [0.2, 0.25) is 5.02 Å². The number of aromatic nitrogens is 1. The van der Waals surface area contributed by atoms with Gasteiger partial charge in [0, 0.05) is 29.9 Å². The lowest BCUT2D eigenvalue weighted by atomic mass is 10.1. The Morgan fingerprint density at radius 2 is 1.85 bits per heavy atom. The molecule has 0 aliphatic carbocycles. The van der Waals surface area contributed by atoms with Gasteiger partial charge in [-0.05, 0) is 48.7 Å². The molecule has 0 unspecified atom stereocenters. The minimum absolute atomic E-state index is 0.111. The molecule has 3 rings (SSSR count). The van der Waals surface area contributed by atoms with Crippen molar-refractivity contribution in [3.63, 3.8) is 0 Å². The zero-order valence-electron chi connectivity index (χ0n) is 15.2. The van der Waals surface area contributed by atoms with Crippen molar-refractivity contribution in [1.82, 2.24) is 10.3 Å². The molecule has 0 saturated carbocycles. The number of nitrogens with zero attached hydrogens (tertiary/aromatic N) is 1. The van der Waals surface area contributed by atoms with Crippen molar-refractivity contribution in [2.24, 2.45) is 0 Å². The summed E-state index contributed by atoms with van der Waals surface area (Å²) in [7, 11) is 0. The molecule has 0 saturated heterocycles. The molecule has 0 bridgehead atoms. The van der Waals surface area contributed by atoms with E-state index >= 15 is 0 Å². The molecule has 27 heavy (non-hydrogen) atoms. The Bertz CT molecular complexity index is 909. The van der Waals surface area contributed by atoms with Crippen LogP contribution in [0.15, 0.2) is 66.9 Å². The SMILES string of the molecule is Cc1cccc(CNC(=O)c2ccnc(NCCc3ccc(Cl)cc3)c2)c1. The fourth-order valence-corrected chi connectivity index (χ4v) is 2.89. The molecule has 1 aromatic heterocycles. The number of rotatable bonds is 7. The van der Waals surface area contributed by atoms with Crippen LogP contribution in [-0.2, 0) is 13.0 Å². The number of hydrogen-bond donors (Lipinski definition) is 2. The van der Waals surface area contributed by atoms with Gasteiger partial charge in [-0.25, -0.2) is 4.98 Å². The molecule has 0 atom stereocenters. The highest BCUT2D eigenvalue weighted by Gasteiger charge is 2.07. The predicted octanol–water partition coefficient (Wildman–Crippen LogP) is 4.63. The Morgan fingerprint density at radius 3 is 2.63 bits per heavy atom. The summed E-state index contributed by atoms with van der Waals surface area (Å²) in [4.78, 5) is 16.7. The number of halogens is 1. The maximum Gasteiger partial charge on any atom is 0.251 e. The lowest BCUT2D eigenvalue weighted by Crippen LogP contribution is -2.23. The molecule has 0 spiro atoms. The fraction of sp³-hybridized carbons (Fsp3) is 0.182. The van der Waals surface area contributed by atoms with Crippen molar-refractivity contribution in [1.29, 1.82) is 0 Å². The molecule has 3 aromatic rings. The topological polar surface area (TPSA) is 54.0 Å². The first-order valence-electron chi connectivity index (χ1n) is 8.88. The van der Waals surface area contributed by atoms with Crippen molar-refractivity contribution < 1.29 is 4.79 Å². The fourth-order valence-electron chi connectivity index (χ4n) is 2.76. The average molecular weight is 380 g/mol. The molecule has 138 valence electrons. The molecule has 0 radical (unpaired) electrons. The minimum atomic E-state index is -0.111. The number of amides is 1. The van der Waals surface area contributed by atoms with E-state index in [9.17, 15) is 4.79 Å². The van der Waals surface area contributed by atoms with Crippen LogP contribution < -0.4 is 10.6 Å². The second-order valence-corrected chi connectivity index (χ2v) is 6.84. The van der Waals surface area contributed by atoms with Gasteiger partial charge >= 0.3 is 0 Å². The van der Waals surface area contributed by atoms with Gasteiger partial charge in [-0.15, -0.1) is 0 Å². The lowest BCUT2D eigenvalue weighted by molar-refractivity contribution is 0.0951. The van der Waals surface area contributed by atoms with Gasteiger partial charge in [0.05, 0.1) is 0 Å². The van der Waals surface area contributed by atoms with E-state index in [-0.39, 0.29) is 5.91 Å². The van der Waals surface area contributed by atoms with Crippen LogP contribution in [0.4, 0.5) is 5.82 Å². The van der Waals surface area contributed by atoms with Gasteiger partial charge in [-0.3, -0.25) is 4.79 Å². The van der Waals surface area contributed by atoms with Gasteiger partial charge < -0.3 is 10.6 Å². The summed E-state index contributed by atoms with van der Waals surface area (Å²) < 4.78 is 0. The summed E-state index contributed by atoms with van der Waals surface area (Å²) in [5.74, 6) is 0.576. The molecule has 0 aliphatic heterocycles. The van der Waals surface area contributed by atoms with E-state index in [2.05, 4.69) is 21.7 Å². The van der Waals surface area contributed by atoms with Crippen molar-refractivity contribution in [3.05, 3.63) is 94.1 Å². The summed E-state index contributed by atoms with van der Waals surface area (Å²) in [6, 6.07) is 19.4. The Kier molecular flexibility index (Phi) is 6.44. The Labute approximate surface area is 164 Å².